The number of nitrogens with two attached hydrogens (primary N) is 1. The van der Waals surface area contributed by atoms with Crippen LogP contribution in [0.5, 0.6) is 5.75 Å². The zero-order valence-corrected chi connectivity index (χ0v) is 16.8. The summed E-state index contributed by atoms with van der Waals surface area (Å²) in [6, 6.07) is 12.8. The van der Waals surface area contributed by atoms with E-state index in [1.165, 1.54) is 0 Å². The van der Waals surface area contributed by atoms with Gasteiger partial charge in [0.1, 0.15) is 11.3 Å². The summed E-state index contributed by atoms with van der Waals surface area (Å²) in [5.74, 6) is 0.866. The van der Waals surface area contributed by atoms with E-state index in [4.69, 9.17) is 14.9 Å². The maximum Gasteiger partial charge on any atom is 0.254 e. The fraction of sp³-hybridized carbons (Fsp3) is 0.318. The summed E-state index contributed by atoms with van der Waals surface area (Å²) in [7, 11) is 1.61. The predicted molar refractivity (Wildman–Crippen MR) is 112 cm³/mol. The van der Waals surface area contributed by atoms with Gasteiger partial charge in [0.25, 0.3) is 5.91 Å². The van der Waals surface area contributed by atoms with Crippen molar-refractivity contribution in [1.29, 1.82) is 0 Å². The molecule has 1 aliphatic heterocycles. The Kier molecular flexibility index (Phi) is 5.67. The Labute approximate surface area is 174 Å². The van der Waals surface area contributed by atoms with Gasteiger partial charge in [0, 0.05) is 50.3 Å². The fourth-order valence-electron chi connectivity index (χ4n) is 3.56. The third kappa shape index (κ3) is 4.28. The lowest BCUT2D eigenvalue weighted by atomic mass is 10.1. The number of carbonyl (C=O) groups is 2. The molecule has 1 fully saturated rings. The van der Waals surface area contributed by atoms with E-state index in [-0.39, 0.29) is 11.8 Å². The van der Waals surface area contributed by atoms with E-state index < -0.39 is 0 Å². The van der Waals surface area contributed by atoms with Crippen molar-refractivity contribution in [3.63, 3.8) is 0 Å². The van der Waals surface area contributed by atoms with Crippen LogP contribution >= 0.6 is 0 Å². The number of hydrogen-bond donors (Lipinski definition) is 1. The zero-order valence-electron chi connectivity index (χ0n) is 16.8. The maximum atomic E-state index is 12.9. The Morgan fingerprint density at radius 3 is 2.67 bits per heavy atom. The SMILES string of the molecule is COc1cccc(-c2nc3ccc(C(=O)N4CCN(CCC(N)=O)CC4)cc3o2)c1. The van der Waals surface area contributed by atoms with E-state index in [2.05, 4.69) is 9.88 Å². The minimum atomic E-state index is -0.304. The summed E-state index contributed by atoms with van der Waals surface area (Å²) in [6.07, 6.45) is 0.339. The molecule has 1 saturated heterocycles. The topological polar surface area (TPSA) is 102 Å². The van der Waals surface area contributed by atoms with Crippen LogP contribution in [-0.4, -0.2) is 66.4 Å². The van der Waals surface area contributed by atoms with Crippen LogP contribution in [0.25, 0.3) is 22.6 Å². The number of primary amides is 1. The van der Waals surface area contributed by atoms with Gasteiger partial charge in [0.2, 0.25) is 11.8 Å². The molecule has 4 rings (SSSR count). The first kappa shape index (κ1) is 19.9. The quantitative estimate of drug-likeness (QED) is 0.670. The Morgan fingerprint density at radius 2 is 1.93 bits per heavy atom. The van der Waals surface area contributed by atoms with Crippen LogP contribution in [0.3, 0.4) is 0 Å². The third-order valence-corrected chi connectivity index (χ3v) is 5.29. The molecule has 2 aromatic carbocycles. The third-order valence-electron chi connectivity index (χ3n) is 5.29. The number of ether oxygens (including phenoxy) is 1. The van der Waals surface area contributed by atoms with Crippen LogP contribution in [-0.2, 0) is 4.79 Å². The lowest BCUT2D eigenvalue weighted by molar-refractivity contribution is -0.118. The molecule has 2 amide bonds. The Balaban J connectivity index is 1.47. The van der Waals surface area contributed by atoms with Crippen LogP contribution in [0.15, 0.2) is 46.9 Å². The molecule has 30 heavy (non-hydrogen) atoms. The van der Waals surface area contributed by atoms with Crippen molar-refractivity contribution in [3.05, 3.63) is 48.0 Å². The summed E-state index contributed by atoms with van der Waals surface area (Å²) < 4.78 is 11.2. The Hall–Kier alpha value is -3.39. The van der Waals surface area contributed by atoms with Gasteiger partial charge in [-0.1, -0.05) is 6.07 Å². The van der Waals surface area contributed by atoms with Crippen LogP contribution < -0.4 is 10.5 Å². The van der Waals surface area contributed by atoms with E-state index in [9.17, 15) is 9.59 Å². The van der Waals surface area contributed by atoms with Crippen LogP contribution in [0, 0.1) is 0 Å². The molecule has 0 unspecified atom stereocenters. The number of piperazine rings is 1. The first-order valence-corrected chi connectivity index (χ1v) is 9.88. The molecule has 0 saturated carbocycles. The highest BCUT2D eigenvalue weighted by Crippen LogP contribution is 2.27. The molecule has 8 nitrogen and oxygen atoms in total. The van der Waals surface area contributed by atoms with Gasteiger partial charge in [0.15, 0.2) is 5.58 Å². The minimum Gasteiger partial charge on any atom is -0.497 e. The normalized spacial score (nSPS) is 14.8. The number of aromatic nitrogens is 1. The molecule has 1 aliphatic rings. The Morgan fingerprint density at radius 1 is 1.13 bits per heavy atom. The number of oxazole rings is 1. The monoisotopic (exact) mass is 408 g/mol. The van der Waals surface area contributed by atoms with Crippen LogP contribution in [0.4, 0.5) is 0 Å². The largest absolute Gasteiger partial charge is 0.497 e. The fourth-order valence-corrected chi connectivity index (χ4v) is 3.56. The molecule has 0 bridgehead atoms. The number of nitrogens with zero attached hydrogens (tertiary/aromatic N) is 3. The molecule has 3 aromatic rings. The zero-order chi connectivity index (χ0) is 21.1. The number of carbonyl (C=O) groups excluding carboxylic acids is 2. The summed E-state index contributed by atoms with van der Waals surface area (Å²) in [6.45, 7) is 3.31. The summed E-state index contributed by atoms with van der Waals surface area (Å²) >= 11 is 0. The molecule has 0 atom stereocenters. The molecular weight excluding hydrogens is 384 g/mol. The summed E-state index contributed by atoms with van der Waals surface area (Å²) in [5, 5.41) is 0. The van der Waals surface area contributed by atoms with Crippen LogP contribution in [0.2, 0.25) is 0 Å². The minimum absolute atomic E-state index is 0.0363. The predicted octanol–water partition coefficient (Wildman–Crippen LogP) is 2.14. The van der Waals surface area contributed by atoms with E-state index in [0.29, 0.717) is 48.6 Å². The Bertz CT molecular complexity index is 1070. The highest BCUT2D eigenvalue weighted by molar-refractivity contribution is 5.97. The second kappa shape index (κ2) is 8.54. The van der Waals surface area contributed by atoms with Gasteiger partial charge in [-0.05, 0) is 36.4 Å². The number of benzene rings is 2. The molecule has 0 aliphatic carbocycles. The van der Waals surface area contributed by atoms with Crippen molar-refractivity contribution in [1.82, 2.24) is 14.8 Å². The van der Waals surface area contributed by atoms with Gasteiger partial charge in [-0.15, -0.1) is 0 Å². The van der Waals surface area contributed by atoms with Crippen molar-refractivity contribution in [2.45, 2.75) is 6.42 Å². The van der Waals surface area contributed by atoms with Crippen molar-refractivity contribution in [2.75, 3.05) is 39.8 Å². The number of amides is 2. The molecule has 2 N–H and O–H groups in total. The average Bonchev–Trinajstić information content (AvgIpc) is 3.21. The van der Waals surface area contributed by atoms with E-state index in [0.717, 1.165) is 24.4 Å². The number of fused-ring (bicyclic) bond motifs is 1. The molecule has 8 heteroatoms. The van der Waals surface area contributed by atoms with E-state index in [1.807, 2.05) is 29.2 Å². The standard InChI is InChI=1S/C22H24N4O4/c1-29-17-4-2-3-15(13-17)21-24-18-6-5-16(14-19(18)30-21)22(28)26-11-9-25(10-12-26)8-7-20(23)27/h2-6,13-14H,7-12H2,1H3,(H2,23,27). The first-order chi connectivity index (χ1) is 14.5. The smallest absolute Gasteiger partial charge is 0.254 e. The van der Waals surface area contributed by atoms with Gasteiger partial charge in [0.05, 0.1) is 7.11 Å². The van der Waals surface area contributed by atoms with Gasteiger partial charge >= 0.3 is 0 Å². The second-order valence-electron chi connectivity index (χ2n) is 7.28. The van der Waals surface area contributed by atoms with Gasteiger partial charge < -0.3 is 19.8 Å². The van der Waals surface area contributed by atoms with E-state index in [1.54, 1.807) is 25.3 Å². The number of methoxy groups -OCH3 is 1. The summed E-state index contributed by atoms with van der Waals surface area (Å²) in [4.78, 5) is 32.4. The van der Waals surface area contributed by atoms with Crippen molar-refractivity contribution < 1.29 is 18.7 Å². The number of hydrogen-bond acceptors (Lipinski definition) is 6. The molecule has 156 valence electrons. The molecule has 0 radical (unpaired) electrons. The van der Waals surface area contributed by atoms with Crippen molar-refractivity contribution in [2.24, 2.45) is 5.73 Å². The highest BCUT2D eigenvalue weighted by Gasteiger charge is 2.23. The second-order valence-corrected chi connectivity index (χ2v) is 7.28. The average molecular weight is 408 g/mol. The molecule has 1 aromatic heterocycles. The molecule has 2 heterocycles. The lowest BCUT2D eigenvalue weighted by Crippen LogP contribution is -2.49. The number of rotatable bonds is 6. The highest BCUT2D eigenvalue weighted by atomic mass is 16.5. The van der Waals surface area contributed by atoms with Gasteiger partial charge in [-0.25, -0.2) is 4.98 Å². The summed E-state index contributed by atoms with van der Waals surface area (Å²) in [5.41, 5.74) is 7.85. The van der Waals surface area contributed by atoms with Crippen LogP contribution in [0.1, 0.15) is 16.8 Å². The van der Waals surface area contributed by atoms with Crippen molar-refractivity contribution in [3.8, 4) is 17.2 Å². The molecule has 0 spiro atoms. The van der Waals surface area contributed by atoms with E-state index >= 15 is 0 Å². The molecular formula is C22H24N4O4. The van der Waals surface area contributed by atoms with Crippen molar-refractivity contribution >= 4 is 22.9 Å². The van der Waals surface area contributed by atoms with Gasteiger partial charge in [-0.2, -0.15) is 0 Å². The lowest BCUT2D eigenvalue weighted by Gasteiger charge is -2.34. The first-order valence-electron chi connectivity index (χ1n) is 9.88. The van der Waals surface area contributed by atoms with Gasteiger partial charge in [-0.3, -0.25) is 14.5 Å². The maximum absolute atomic E-state index is 12.9.